The normalized spacial score (nSPS) is 20.0. The van der Waals surface area contributed by atoms with Crippen LogP contribution in [0.4, 0.5) is 0 Å². The minimum absolute atomic E-state index is 0.0495. The maximum atomic E-state index is 13.4. The van der Waals surface area contributed by atoms with Crippen LogP contribution in [-0.2, 0) is 22.4 Å². The summed E-state index contributed by atoms with van der Waals surface area (Å²) in [5.74, 6) is 1.97. The molecule has 4 heterocycles. The molecule has 2 aromatic heterocycles. The second kappa shape index (κ2) is 14.5. The fraction of sp³-hybridized carbons (Fsp3) is 0.273. The average molecular weight is 689 g/mol. The lowest BCUT2D eigenvalue weighted by Crippen LogP contribution is -2.37. The van der Waals surface area contributed by atoms with Crippen LogP contribution < -0.4 is 0 Å². The molecule has 2 aliphatic rings. The Kier molecular flexibility index (Phi) is 9.29. The number of carbonyl (C=O) groups is 2. The quantitative estimate of drug-likeness (QED) is 0.159. The molecule has 0 saturated carbocycles. The Morgan fingerprint density at radius 3 is 1.29 bits per heavy atom. The number of nitrogens with zero attached hydrogens (tertiary/aromatic N) is 4. The summed E-state index contributed by atoms with van der Waals surface area (Å²) in [4.78, 5) is 47.4. The number of likely N-dealkylation sites (tertiary alicyclic amines) is 2. The SMILES string of the molecule is CC1CCC(c2ncc(-c3ccc(-c4ccc(-c5cnc([C@@H]6CC[C@H](C)N6C(=O)Cc6ccccc6)[nH]5)cc4)cc3)[nH]2)N1C(=O)Cc1ccccc1. The number of hydrogen-bond donors (Lipinski definition) is 2. The van der Waals surface area contributed by atoms with E-state index in [4.69, 9.17) is 9.97 Å². The van der Waals surface area contributed by atoms with E-state index in [1.807, 2.05) is 82.9 Å². The third-order valence-corrected chi connectivity index (χ3v) is 10.9. The standard InChI is InChI=1S/C44H44N6O2/c1-29-13-23-39(49(29)41(51)25-31-9-5-3-6-10-31)43-45-27-37(47-43)35-19-15-33(16-20-35)34-17-21-36(22-18-34)38-28-46-44(48-38)40-24-14-30(2)50(40)42(52)26-32-11-7-4-8-12-32/h3-12,15-22,27-30,39-40H,13-14,23-26H2,1-2H3,(H,45,47)(H,46,48)/t29-,30?,39-,40?/m0/s1. The van der Waals surface area contributed by atoms with Crippen molar-refractivity contribution >= 4 is 11.8 Å². The molecular weight excluding hydrogens is 645 g/mol. The summed E-state index contributed by atoms with van der Waals surface area (Å²) in [5, 5.41) is 0. The Labute approximate surface area is 305 Å². The van der Waals surface area contributed by atoms with Crippen LogP contribution in [0.1, 0.15) is 74.4 Å². The minimum atomic E-state index is -0.0495. The number of hydrogen-bond acceptors (Lipinski definition) is 4. The molecule has 2 fully saturated rings. The van der Waals surface area contributed by atoms with Crippen molar-refractivity contribution < 1.29 is 9.59 Å². The molecule has 52 heavy (non-hydrogen) atoms. The summed E-state index contributed by atoms with van der Waals surface area (Å²) in [6, 6.07) is 37.2. The Bertz CT molecular complexity index is 1980. The van der Waals surface area contributed by atoms with Crippen molar-refractivity contribution in [1.82, 2.24) is 29.7 Å². The number of H-pyrrole nitrogens is 2. The van der Waals surface area contributed by atoms with Gasteiger partial charge in [0.15, 0.2) is 0 Å². The van der Waals surface area contributed by atoms with Gasteiger partial charge in [0.25, 0.3) is 0 Å². The topological polar surface area (TPSA) is 98.0 Å². The van der Waals surface area contributed by atoms with E-state index in [2.05, 4.69) is 72.3 Å². The zero-order valence-electron chi connectivity index (χ0n) is 29.7. The number of benzene rings is 4. The van der Waals surface area contributed by atoms with Crippen molar-refractivity contribution in [3.8, 4) is 33.6 Å². The highest BCUT2D eigenvalue weighted by Gasteiger charge is 2.38. The molecular formula is C44H44N6O2. The molecule has 2 amide bonds. The van der Waals surface area contributed by atoms with E-state index < -0.39 is 0 Å². The highest BCUT2D eigenvalue weighted by atomic mass is 16.2. The van der Waals surface area contributed by atoms with Crippen LogP contribution in [-0.4, -0.2) is 53.6 Å². The molecule has 6 aromatic rings. The minimum Gasteiger partial charge on any atom is -0.340 e. The van der Waals surface area contributed by atoms with Gasteiger partial charge >= 0.3 is 0 Å². The van der Waals surface area contributed by atoms with E-state index in [0.717, 1.165) is 82.1 Å². The second-order valence-corrected chi connectivity index (χ2v) is 14.3. The van der Waals surface area contributed by atoms with Gasteiger partial charge in [-0.05, 0) is 72.9 Å². The highest BCUT2D eigenvalue weighted by molar-refractivity contribution is 5.80. The Balaban J connectivity index is 0.924. The molecule has 4 atom stereocenters. The summed E-state index contributed by atoms with van der Waals surface area (Å²) in [6.45, 7) is 4.26. The molecule has 8 rings (SSSR count). The van der Waals surface area contributed by atoms with Crippen LogP contribution in [0.5, 0.6) is 0 Å². The van der Waals surface area contributed by atoms with Gasteiger partial charge in [-0.3, -0.25) is 9.59 Å². The lowest BCUT2D eigenvalue weighted by Gasteiger charge is -2.27. The summed E-state index contributed by atoms with van der Waals surface area (Å²) in [6.07, 6.45) is 8.28. The third-order valence-electron chi connectivity index (χ3n) is 10.9. The molecule has 0 radical (unpaired) electrons. The summed E-state index contributed by atoms with van der Waals surface area (Å²) < 4.78 is 0. The average Bonchev–Trinajstić information content (AvgIpc) is 3.99. The number of carbonyl (C=O) groups excluding carboxylic acids is 2. The van der Waals surface area contributed by atoms with Gasteiger partial charge in [0.1, 0.15) is 11.6 Å². The van der Waals surface area contributed by atoms with Gasteiger partial charge in [0.05, 0.1) is 48.7 Å². The van der Waals surface area contributed by atoms with E-state index in [1.165, 1.54) is 0 Å². The molecule has 0 aliphatic carbocycles. The van der Waals surface area contributed by atoms with Crippen molar-refractivity contribution in [2.24, 2.45) is 0 Å². The fourth-order valence-corrected chi connectivity index (χ4v) is 8.06. The summed E-state index contributed by atoms with van der Waals surface area (Å²) in [5.41, 5.74) is 8.29. The first-order chi connectivity index (χ1) is 25.4. The van der Waals surface area contributed by atoms with Crippen LogP contribution >= 0.6 is 0 Å². The Hall–Kier alpha value is -5.76. The van der Waals surface area contributed by atoms with Crippen molar-refractivity contribution in [3.05, 3.63) is 144 Å². The molecule has 2 aliphatic heterocycles. The predicted octanol–water partition coefficient (Wildman–Crippen LogP) is 8.72. The van der Waals surface area contributed by atoms with Crippen molar-refractivity contribution in [2.75, 3.05) is 0 Å². The van der Waals surface area contributed by atoms with E-state index in [9.17, 15) is 9.59 Å². The van der Waals surface area contributed by atoms with Crippen molar-refractivity contribution in [1.29, 1.82) is 0 Å². The van der Waals surface area contributed by atoms with Gasteiger partial charge in [-0.15, -0.1) is 0 Å². The van der Waals surface area contributed by atoms with Gasteiger partial charge in [0, 0.05) is 12.1 Å². The lowest BCUT2D eigenvalue weighted by atomic mass is 10.0. The highest BCUT2D eigenvalue weighted by Crippen LogP contribution is 2.38. The molecule has 4 aromatic carbocycles. The third kappa shape index (κ3) is 6.81. The van der Waals surface area contributed by atoms with Crippen LogP contribution in [0.25, 0.3) is 33.6 Å². The second-order valence-electron chi connectivity index (χ2n) is 14.3. The molecule has 2 N–H and O–H groups in total. The van der Waals surface area contributed by atoms with E-state index in [1.54, 1.807) is 0 Å². The van der Waals surface area contributed by atoms with Crippen LogP contribution in [0.15, 0.2) is 122 Å². The summed E-state index contributed by atoms with van der Waals surface area (Å²) in [7, 11) is 0. The van der Waals surface area contributed by atoms with Crippen molar-refractivity contribution in [2.45, 2.75) is 76.5 Å². The number of nitrogens with one attached hydrogen (secondary N) is 2. The molecule has 0 bridgehead atoms. The van der Waals surface area contributed by atoms with E-state index in [-0.39, 0.29) is 36.0 Å². The molecule has 8 nitrogen and oxygen atoms in total. The first-order valence-corrected chi connectivity index (χ1v) is 18.4. The number of amides is 2. The first-order valence-electron chi connectivity index (χ1n) is 18.4. The van der Waals surface area contributed by atoms with Crippen LogP contribution in [0, 0.1) is 0 Å². The van der Waals surface area contributed by atoms with Crippen molar-refractivity contribution in [3.63, 3.8) is 0 Å². The monoisotopic (exact) mass is 688 g/mol. The lowest BCUT2D eigenvalue weighted by molar-refractivity contribution is -0.134. The number of rotatable bonds is 9. The van der Waals surface area contributed by atoms with Crippen LogP contribution in [0.3, 0.4) is 0 Å². The maximum Gasteiger partial charge on any atom is 0.227 e. The molecule has 0 spiro atoms. The van der Waals surface area contributed by atoms with E-state index >= 15 is 0 Å². The van der Waals surface area contributed by atoms with Gasteiger partial charge in [0.2, 0.25) is 11.8 Å². The maximum absolute atomic E-state index is 13.4. The van der Waals surface area contributed by atoms with Crippen LogP contribution in [0.2, 0.25) is 0 Å². The zero-order valence-corrected chi connectivity index (χ0v) is 29.7. The number of imidazole rings is 2. The van der Waals surface area contributed by atoms with Gasteiger partial charge in [-0.2, -0.15) is 0 Å². The van der Waals surface area contributed by atoms with Gasteiger partial charge in [-0.25, -0.2) is 9.97 Å². The van der Waals surface area contributed by atoms with Gasteiger partial charge in [-0.1, -0.05) is 109 Å². The molecule has 2 unspecified atom stereocenters. The Morgan fingerprint density at radius 1 is 0.538 bits per heavy atom. The Morgan fingerprint density at radius 2 is 0.904 bits per heavy atom. The van der Waals surface area contributed by atoms with Gasteiger partial charge < -0.3 is 19.8 Å². The summed E-state index contributed by atoms with van der Waals surface area (Å²) >= 11 is 0. The predicted molar refractivity (Wildman–Crippen MR) is 204 cm³/mol. The largest absolute Gasteiger partial charge is 0.340 e. The zero-order chi connectivity index (χ0) is 35.6. The molecule has 8 heteroatoms. The first kappa shape index (κ1) is 33.4. The fourth-order valence-electron chi connectivity index (χ4n) is 8.06. The smallest absolute Gasteiger partial charge is 0.227 e. The molecule has 2 saturated heterocycles. The molecule has 262 valence electrons. The number of aromatic nitrogens is 4. The number of aromatic amines is 2. The van der Waals surface area contributed by atoms with E-state index in [0.29, 0.717) is 12.8 Å².